The van der Waals surface area contributed by atoms with E-state index in [1.165, 1.54) is 35.1 Å². The maximum atomic E-state index is 12.8. The van der Waals surface area contributed by atoms with Crippen LogP contribution < -0.4 is 5.32 Å². The van der Waals surface area contributed by atoms with E-state index in [4.69, 9.17) is 0 Å². The van der Waals surface area contributed by atoms with Gasteiger partial charge in [0.1, 0.15) is 5.82 Å². The van der Waals surface area contributed by atoms with Crippen molar-refractivity contribution in [1.82, 2.24) is 20.3 Å². The van der Waals surface area contributed by atoms with E-state index >= 15 is 0 Å². The number of aliphatic hydroxyl groups excluding tert-OH is 1. The van der Waals surface area contributed by atoms with E-state index in [0.717, 1.165) is 6.42 Å². The van der Waals surface area contributed by atoms with Gasteiger partial charge in [-0.3, -0.25) is 4.79 Å². The fourth-order valence-corrected chi connectivity index (χ4v) is 1.82. The Labute approximate surface area is 121 Å². The Morgan fingerprint density at radius 2 is 2.14 bits per heavy atom. The minimum absolute atomic E-state index is 0.142. The minimum Gasteiger partial charge on any atom is -0.391 e. The maximum Gasteiger partial charge on any atom is 0.273 e. The van der Waals surface area contributed by atoms with Gasteiger partial charge in [-0.15, -0.1) is 5.10 Å². The second-order valence-electron chi connectivity index (χ2n) is 4.68. The van der Waals surface area contributed by atoms with Crippen LogP contribution in [-0.4, -0.2) is 38.7 Å². The van der Waals surface area contributed by atoms with E-state index in [0.29, 0.717) is 12.1 Å². The van der Waals surface area contributed by atoms with Crippen LogP contribution in [0.15, 0.2) is 30.5 Å². The third kappa shape index (κ3) is 4.09. The summed E-state index contributed by atoms with van der Waals surface area (Å²) >= 11 is 0. The van der Waals surface area contributed by atoms with Gasteiger partial charge in [0.25, 0.3) is 5.91 Å². The lowest BCUT2D eigenvalue weighted by Gasteiger charge is -2.09. The van der Waals surface area contributed by atoms with Crippen LogP contribution in [0, 0.1) is 5.82 Å². The molecule has 7 heteroatoms. The number of aliphatic hydroxyl groups is 1. The molecule has 0 saturated carbocycles. The molecule has 21 heavy (non-hydrogen) atoms. The van der Waals surface area contributed by atoms with Crippen LogP contribution in [0.2, 0.25) is 0 Å². The zero-order valence-corrected chi connectivity index (χ0v) is 11.7. The van der Waals surface area contributed by atoms with Crippen LogP contribution in [-0.2, 0) is 0 Å². The van der Waals surface area contributed by atoms with Gasteiger partial charge in [0.05, 0.1) is 18.0 Å². The molecule has 1 unspecified atom stereocenters. The number of amides is 1. The monoisotopic (exact) mass is 292 g/mol. The zero-order valence-electron chi connectivity index (χ0n) is 11.7. The summed E-state index contributed by atoms with van der Waals surface area (Å²) in [5.41, 5.74) is 0.747. The second-order valence-corrected chi connectivity index (χ2v) is 4.68. The van der Waals surface area contributed by atoms with Gasteiger partial charge in [-0.05, 0) is 30.7 Å². The summed E-state index contributed by atoms with van der Waals surface area (Å²) in [5.74, 6) is -0.750. The lowest BCUT2D eigenvalue weighted by molar-refractivity contribution is 0.0905. The van der Waals surface area contributed by atoms with Gasteiger partial charge in [-0.2, -0.15) is 0 Å². The van der Waals surface area contributed by atoms with Crippen molar-refractivity contribution >= 4 is 5.91 Å². The molecule has 112 valence electrons. The maximum absolute atomic E-state index is 12.8. The molecule has 6 nitrogen and oxygen atoms in total. The van der Waals surface area contributed by atoms with E-state index in [-0.39, 0.29) is 18.1 Å². The molecular formula is C14H17FN4O2. The lowest BCUT2D eigenvalue weighted by Crippen LogP contribution is -2.32. The summed E-state index contributed by atoms with van der Waals surface area (Å²) < 4.78 is 14.2. The Bertz CT molecular complexity index is 597. The number of aromatic nitrogens is 3. The molecule has 1 heterocycles. The molecule has 0 fully saturated rings. The number of hydrogen-bond donors (Lipinski definition) is 2. The largest absolute Gasteiger partial charge is 0.391 e. The highest BCUT2D eigenvalue weighted by atomic mass is 19.1. The highest BCUT2D eigenvalue weighted by Crippen LogP contribution is 2.08. The van der Waals surface area contributed by atoms with E-state index < -0.39 is 12.0 Å². The fraction of sp³-hybridized carbons (Fsp3) is 0.357. The number of nitrogens with one attached hydrogen (secondary N) is 1. The first kappa shape index (κ1) is 15.1. The van der Waals surface area contributed by atoms with Crippen molar-refractivity contribution in [2.24, 2.45) is 0 Å². The van der Waals surface area contributed by atoms with Crippen molar-refractivity contribution < 1.29 is 14.3 Å². The van der Waals surface area contributed by atoms with Crippen molar-refractivity contribution in [3.63, 3.8) is 0 Å². The quantitative estimate of drug-likeness (QED) is 0.841. The van der Waals surface area contributed by atoms with E-state index in [1.807, 2.05) is 6.92 Å². The Hall–Kier alpha value is -2.28. The highest BCUT2D eigenvalue weighted by molar-refractivity contribution is 5.91. The van der Waals surface area contributed by atoms with Crippen LogP contribution in [0.3, 0.4) is 0 Å². The summed E-state index contributed by atoms with van der Waals surface area (Å²) in [6, 6.07) is 5.68. The first-order valence-corrected chi connectivity index (χ1v) is 6.74. The molecule has 0 spiro atoms. The van der Waals surface area contributed by atoms with Crippen LogP contribution in [0.25, 0.3) is 5.69 Å². The van der Waals surface area contributed by atoms with Gasteiger partial charge in [-0.1, -0.05) is 18.6 Å². The number of carbonyl (C=O) groups excluding carboxylic acids is 1. The van der Waals surface area contributed by atoms with Gasteiger partial charge in [0.2, 0.25) is 0 Å². The average Bonchev–Trinajstić information content (AvgIpc) is 2.96. The predicted molar refractivity (Wildman–Crippen MR) is 74.6 cm³/mol. The first-order chi connectivity index (χ1) is 10.1. The summed E-state index contributed by atoms with van der Waals surface area (Å²) in [5, 5.41) is 19.7. The molecule has 1 aromatic heterocycles. The van der Waals surface area contributed by atoms with Crippen molar-refractivity contribution in [1.29, 1.82) is 0 Å². The van der Waals surface area contributed by atoms with E-state index in [9.17, 15) is 14.3 Å². The highest BCUT2D eigenvalue weighted by Gasteiger charge is 2.13. The molecule has 2 aromatic rings. The van der Waals surface area contributed by atoms with Gasteiger partial charge >= 0.3 is 0 Å². The number of nitrogens with zero attached hydrogens (tertiary/aromatic N) is 3. The number of halogens is 1. The first-order valence-electron chi connectivity index (χ1n) is 6.74. The number of benzene rings is 1. The molecule has 2 N–H and O–H groups in total. The number of rotatable bonds is 6. The molecule has 1 aromatic carbocycles. The summed E-state index contributed by atoms with van der Waals surface area (Å²) in [6.45, 7) is 2.13. The molecule has 0 aliphatic heterocycles. The lowest BCUT2D eigenvalue weighted by atomic mass is 10.2. The molecule has 0 radical (unpaired) electrons. The van der Waals surface area contributed by atoms with Crippen molar-refractivity contribution in [2.75, 3.05) is 6.54 Å². The number of hydrogen-bond acceptors (Lipinski definition) is 4. The normalized spacial score (nSPS) is 12.1. The molecule has 2 rings (SSSR count). The summed E-state index contributed by atoms with van der Waals surface area (Å²) in [4.78, 5) is 11.9. The van der Waals surface area contributed by atoms with Crippen LogP contribution >= 0.6 is 0 Å². The van der Waals surface area contributed by atoms with Crippen LogP contribution in [0.1, 0.15) is 30.3 Å². The van der Waals surface area contributed by atoms with Gasteiger partial charge < -0.3 is 10.4 Å². The second kappa shape index (κ2) is 6.94. The minimum atomic E-state index is -0.564. The smallest absolute Gasteiger partial charge is 0.273 e. The topological polar surface area (TPSA) is 80.0 Å². The van der Waals surface area contributed by atoms with E-state index in [1.54, 1.807) is 0 Å². The zero-order chi connectivity index (χ0) is 15.2. The fourth-order valence-electron chi connectivity index (χ4n) is 1.82. The van der Waals surface area contributed by atoms with E-state index in [2.05, 4.69) is 15.6 Å². The Morgan fingerprint density at radius 1 is 1.43 bits per heavy atom. The third-order valence-corrected chi connectivity index (χ3v) is 2.94. The van der Waals surface area contributed by atoms with Gasteiger partial charge in [-0.25, -0.2) is 9.07 Å². The third-order valence-electron chi connectivity index (χ3n) is 2.94. The molecule has 0 bridgehead atoms. The molecule has 1 atom stereocenters. The summed E-state index contributed by atoms with van der Waals surface area (Å²) in [6.07, 6.45) is 2.36. The average molecular weight is 292 g/mol. The van der Waals surface area contributed by atoms with Crippen molar-refractivity contribution in [2.45, 2.75) is 25.9 Å². The van der Waals surface area contributed by atoms with Gasteiger partial charge in [0, 0.05) is 6.54 Å². The Balaban J connectivity index is 1.99. The molecule has 0 aliphatic rings. The SMILES string of the molecule is CCCC(O)CNC(=O)c1cn(-c2ccc(F)cc2)nn1. The molecule has 0 saturated heterocycles. The van der Waals surface area contributed by atoms with Crippen LogP contribution in [0.4, 0.5) is 4.39 Å². The number of carbonyl (C=O) groups is 1. The van der Waals surface area contributed by atoms with Crippen molar-refractivity contribution in [3.8, 4) is 5.69 Å². The molecular weight excluding hydrogens is 275 g/mol. The molecule has 1 amide bonds. The predicted octanol–water partition coefficient (Wildman–Crippen LogP) is 1.30. The Morgan fingerprint density at radius 3 is 2.81 bits per heavy atom. The van der Waals surface area contributed by atoms with Crippen molar-refractivity contribution in [3.05, 3.63) is 42.0 Å². The Kier molecular flexibility index (Phi) is 4.99. The molecule has 0 aliphatic carbocycles. The van der Waals surface area contributed by atoms with Gasteiger partial charge in [0.15, 0.2) is 5.69 Å². The van der Waals surface area contributed by atoms with Crippen LogP contribution in [0.5, 0.6) is 0 Å². The standard InChI is InChI=1S/C14H17FN4O2/c1-2-3-12(20)8-16-14(21)13-9-19(18-17-13)11-6-4-10(15)5-7-11/h4-7,9,12,20H,2-3,8H2,1H3,(H,16,21). The summed E-state index contributed by atoms with van der Waals surface area (Å²) in [7, 11) is 0.